The zero-order valence-electron chi connectivity index (χ0n) is 16.1. The second kappa shape index (κ2) is 9.18. The fourth-order valence-electron chi connectivity index (χ4n) is 2.87. The van der Waals surface area contributed by atoms with Gasteiger partial charge in [-0.25, -0.2) is 17.6 Å². The second-order valence-electron chi connectivity index (χ2n) is 6.90. The molecule has 9 heteroatoms. The maximum absolute atomic E-state index is 14.4. The fraction of sp³-hybridized carbons (Fsp3) is 0.474. The molecule has 2 N–H and O–H groups in total. The molecular weight excluding hydrogens is 387 g/mol. The second-order valence-corrected chi connectivity index (χ2v) is 8.77. The molecule has 0 aromatic heterocycles. The topological polar surface area (TPSA) is 102 Å². The van der Waals surface area contributed by atoms with Crippen LogP contribution >= 0.6 is 0 Å². The first-order chi connectivity index (χ1) is 13.1. The molecule has 0 aliphatic heterocycles. The number of hydrogen-bond donors (Lipinski definition) is 2. The summed E-state index contributed by atoms with van der Waals surface area (Å²) >= 11 is 0. The number of sulfonamides is 1. The van der Waals surface area contributed by atoms with Crippen LogP contribution in [0, 0.1) is 5.82 Å². The van der Waals surface area contributed by atoms with E-state index in [1.165, 1.54) is 19.1 Å². The Hall–Kier alpha value is -2.42. The Morgan fingerprint density at radius 2 is 2.04 bits per heavy atom. The predicted molar refractivity (Wildman–Crippen MR) is 103 cm³/mol. The summed E-state index contributed by atoms with van der Waals surface area (Å²) in [7, 11) is -4.06. The third kappa shape index (κ3) is 5.79. The Bertz CT molecular complexity index is 880. The summed E-state index contributed by atoms with van der Waals surface area (Å²) in [5, 5.41) is 1.43. The SMILES string of the molecule is CC(=O)NCc1ccc(NS(=O)(=O)C2CCCC=C2C(=O)OC(C)C)c(F)c1. The molecule has 0 saturated carbocycles. The van der Waals surface area contributed by atoms with Crippen LogP contribution < -0.4 is 10.0 Å². The van der Waals surface area contributed by atoms with Gasteiger partial charge in [-0.15, -0.1) is 0 Å². The monoisotopic (exact) mass is 412 g/mol. The van der Waals surface area contributed by atoms with Crippen molar-refractivity contribution in [3.8, 4) is 0 Å². The average molecular weight is 412 g/mol. The maximum atomic E-state index is 14.4. The van der Waals surface area contributed by atoms with E-state index in [9.17, 15) is 22.4 Å². The van der Waals surface area contributed by atoms with Crippen LogP contribution in [0.1, 0.15) is 45.6 Å². The lowest BCUT2D eigenvalue weighted by Gasteiger charge is -2.24. The summed E-state index contributed by atoms with van der Waals surface area (Å²) in [6, 6.07) is 3.96. The lowest BCUT2D eigenvalue weighted by Crippen LogP contribution is -2.35. The zero-order chi connectivity index (χ0) is 20.9. The normalized spacial score (nSPS) is 17.0. The number of carbonyl (C=O) groups is 2. The molecule has 154 valence electrons. The van der Waals surface area contributed by atoms with Gasteiger partial charge in [0.1, 0.15) is 11.1 Å². The van der Waals surface area contributed by atoms with Gasteiger partial charge < -0.3 is 10.1 Å². The highest BCUT2D eigenvalue weighted by atomic mass is 32.2. The minimum Gasteiger partial charge on any atom is -0.460 e. The number of hydrogen-bond acceptors (Lipinski definition) is 5. The Labute approximate surface area is 164 Å². The Kier molecular flexibility index (Phi) is 7.17. The quantitative estimate of drug-likeness (QED) is 0.671. The van der Waals surface area contributed by atoms with Gasteiger partial charge in [0.2, 0.25) is 15.9 Å². The third-order valence-corrected chi connectivity index (χ3v) is 5.90. The highest BCUT2D eigenvalue weighted by Crippen LogP contribution is 2.28. The van der Waals surface area contributed by atoms with Gasteiger partial charge in [-0.3, -0.25) is 9.52 Å². The molecule has 2 rings (SSSR count). The summed E-state index contributed by atoms with van der Waals surface area (Å²) in [6.07, 6.45) is 2.63. The number of amides is 1. The smallest absolute Gasteiger partial charge is 0.335 e. The van der Waals surface area contributed by atoms with Crippen molar-refractivity contribution in [3.05, 3.63) is 41.2 Å². The van der Waals surface area contributed by atoms with Crippen LogP contribution in [0.4, 0.5) is 10.1 Å². The van der Waals surface area contributed by atoms with Gasteiger partial charge in [0.25, 0.3) is 0 Å². The number of allylic oxidation sites excluding steroid dienone is 1. The standard InChI is InChI=1S/C19H25FN2O5S/c1-12(2)27-19(24)15-6-4-5-7-18(15)28(25,26)22-17-9-8-14(10-16(17)20)11-21-13(3)23/h6,8-10,12,18,22H,4-5,7,11H2,1-3H3,(H,21,23). The first-order valence-corrected chi connectivity index (χ1v) is 10.6. The van der Waals surface area contributed by atoms with Gasteiger partial charge in [-0.05, 0) is 50.8 Å². The number of ether oxygens (including phenoxy) is 1. The van der Waals surface area contributed by atoms with Gasteiger partial charge >= 0.3 is 5.97 Å². The van der Waals surface area contributed by atoms with E-state index in [2.05, 4.69) is 10.0 Å². The molecule has 1 aliphatic carbocycles. The van der Waals surface area contributed by atoms with Crippen LogP contribution in [0.25, 0.3) is 0 Å². The molecule has 0 fully saturated rings. The molecule has 1 aliphatic rings. The van der Waals surface area contributed by atoms with Gasteiger partial charge in [-0.1, -0.05) is 12.1 Å². The van der Waals surface area contributed by atoms with Crippen LogP contribution in [0.5, 0.6) is 0 Å². The number of esters is 1. The zero-order valence-corrected chi connectivity index (χ0v) is 16.9. The lowest BCUT2D eigenvalue weighted by atomic mass is 9.99. The fourth-order valence-corrected chi connectivity index (χ4v) is 4.49. The number of anilines is 1. The molecule has 0 radical (unpaired) electrons. The molecule has 0 bridgehead atoms. The van der Waals surface area contributed by atoms with E-state index >= 15 is 0 Å². The van der Waals surface area contributed by atoms with Crippen LogP contribution in [0.2, 0.25) is 0 Å². The van der Waals surface area contributed by atoms with Crippen molar-refractivity contribution in [3.63, 3.8) is 0 Å². The van der Waals surface area contributed by atoms with E-state index in [-0.39, 0.29) is 36.2 Å². The summed E-state index contributed by atoms with van der Waals surface area (Å²) in [6.45, 7) is 4.84. The van der Waals surface area contributed by atoms with Gasteiger partial charge in [-0.2, -0.15) is 0 Å². The van der Waals surface area contributed by atoms with Crippen molar-refractivity contribution < 1.29 is 27.1 Å². The molecule has 1 aromatic rings. The first kappa shape index (κ1) is 21.9. The number of benzene rings is 1. The van der Waals surface area contributed by atoms with E-state index in [1.807, 2.05) is 0 Å². The average Bonchev–Trinajstić information content (AvgIpc) is 2.61. The molecular formula is C19H25FN2O5S. The molecule has 7 nitrogen and oxygen atoms in total. The summed E-state index contributed by atoms with van der Waals surface area (Å²) in [5.74, 6) is -1.69. The molecule has 1 amide bonds. The van der Waals surface area contributed by atoms with Gasteiger partial charge in [0.15, 0.2) is 0 Å². The number of nitrogens with one attached hydrogen (secondary N) is 2. The highest BCUT2D eigenvalue weighted by Gasteiger charge is 2.35. The van der Waals surface area contributed by atoms with Crippen molar-refractivity contribution in [2.75, 3.05) is 4.72 Å². The molecule has 1 unspecified atom stereocenters. The largest absolute Gasteiger partial charge is 0.460 e. The predicted octanol–water partition coefficient (Wildman–Crippen LogP) is 2.63. The van der Waals surface area contributed by atoms with E-state index in [4.69, 9.17) is 4.74 Å². The van der Waals surface area contributed by atoms with E-state index in [0.717, 1.165) is 6.07 Å². The Morgan fingerprint density at radius 1 is 1.32 bits per heavy atom. The van der Waals surface area contributed by atoms with Crippen LogP contribution in [0.3, 0.4) is 0 Å². The van der Waals surface area contributed by atoms with Crippen molar-refractivity contribution in [1.29, 1.82) is 0 Å². The minimum atomic E-state index is -4.06. The highest BCUT2D eigenvalue weighted by molar-refractivity contribution is 7.93. The van der Waals surface area contributed by atoms with Crippen molar-refractivity contribution >= 4 is 27.6 Å². The van der Waals surface area contributed by atoms with E-state index in [1.54, 1.807) is 19.9 Å². The molecule has 0 spiro atoms. The minimum absolute atomic E-state index is 0.0788. The van der Waals surface area contributed by atoms with Crippen molar-refractivity contribution in [1.82, 2.24) is 5.32 Å². The maximum Gasteiger partial charge on any atom is 0.335 e. The van der Waals surface area contributed by atoms with Crippen LogP contribution in [0.15, 0.2) is 29.8 Å². The summed E-state index contributed by atoms with van der Waals surface area (Å²) in [4.78, 5) is 23.2. The van der Waals surface area contributed by atoms with Gasteiger partial charge in [0.05, 0.1) is 17.4 Å². The molecule has 0 saturated heterocycles. The number of carbonyl (C=O) groups excluding carboxylic acids is 2. The lowest BCUT2D eigenvalue weighted by molar-refractivity contribution is -0.142. The number of rotatable bonds is 7. The Balaban J connectivity index is 2.20. The Morgan fingerprint density at radius 3 is 2.64 bits per heavy atom. The number of halogens is 1. The molecule has 0 heterocycles. The summed E-state index contributed by atoms with van der Waals surface area (Å²) in [5.41, 5.74) is 0.360. The molecule has 1 atom stereocenters. The van der Waals surface area contributed by atoms with Crippen molar-refractivity contribution in [2.24, 2.45) is 0 Å². The van der Waals surface area contributed by atoms with Crippen molar-refractivity contribution in [2.45, 2.75) is 57.9 Å². The van der Waals surface area contributed by atoms with Crippen LogP contribution in [-0.4, -0.2) is 31.6 Å². The third-order valence-electron chi connectivity index (χ3n) is 4.16. The first-order valence-electron chi connectivity index (χ1n) is 9.05. The molecule has 1 aromatic carbocycles. The van der Waals surface area contributed by atoms with E-state index in [0.29, 0.717) is 18.4 Å². The van der Waals surface area contributed by atoms with Crippen LogP contribution in [-0.2, 0) is 30.9 Å². The summed E-state index contributed by atoms with van der Waals surface area (Å²) < 4.78 is 47.4. The van der Waals surface area contributed by atoms with Gasteiger partial charge in [0, 0.05) is 13.5 Å². The molecule has 28 heavy (non-hydrogen) atoms. The van der Waals surface area contributed by atoms with E-state index < -0.39 is 27.1 Å².